The van der Waals surface area contributed by atoms with Crippen molar-refractivity contribution in [3.63, 3.8) is 0 Å². The number of nitrogens with zero attached hydrogens (tertiary/aromatic N) is 2. The molecule has 0 N–H and O–H groups in total. The topological polar surface area (TPSA) is 8.17 Å². The van der Waals surface area contributed by atoms with Crippen molar-refractivity contribution in [2.75, 3.05) is 4.90 Å². The van der Waals surface area contributed by atoms with Crippen LogP contribution in [0.1, 0.15) is 44.5 Å². The highest BCUT2D eigenvalue weighted by molar-refractivity contribution is 6.11. The Morgan fingerprint density at radius 1 is 0.257 bits per heavy atom. The summed E-state index contributed by atoms with van der Waals surface area (Å²) in [6.07, 6.45) is 0. The van der Waals surface area contributed by atoms with E-state index < -0.39 is 10.8 Å². The molecule has 0 unspecified atom stereocenters. The lowest BCUT2D eigenvalue weighted by molar-refractivity contribution is 0.769. The maximum Gasteiger partial charge on any atom is 0.0725 e. The summed E-state index contributed by atoms with van der Waals surface area (Å²) in [5.41, 5.74) is 24.1. The summed E-state index contributed by atoms with van der Waals surface area (Å²) in [7, 11) is 0. The molecule has 3 aliphatic carbocycles. The summed E-state index contributed by atoms with van der Waals surface area (Å²) >= 11 is 0. The van der Waals surface area contributed by atoms with Crippen molar-refractivity contribution in [1.29, 1.82) is 0 Å². The molecule has 12 aromatic carbocycles. The molecule has 0 saturated heterocycles. The quantitative estimate of drug-likeness (QED) is 0.161. The first-order chi connectivity index (χ1) is 36.7. The van der Waals surface area contributed by atoms with Crippen LogP contribution in [-0.4, -0.2) is 4.57 Å². The number of rotatable bonds is 6. The van der Waals surface area contributed by atoms with Gasteiger partial charge in [-0.25, -0.2) is 0 Å². The minimum absolute atomic E-state index is 0.413. The number of aromatic nitrogens is 1. The van der Waals surface area contributed by atoms with Crippen LogP contribution in [-0.2, 0) is 10.8 Å². The molecule has 3 aliphatic rings. The Kier molecular flexibility index (Phi) is 8.62. The van der Waals surface area contributed by atoms with Crippen LogP contribution in [0.3, 0.4) is 0 Å². The first-order valence-corrected chi connectivity index (χ1v) is 25.8. The van der Waals surface area contributed by atoms with Gasteiger partial charge in [-0.1, -0.05) is 218 Å². The Morgan fingerprint density at radius 2 is 0.716 bits per heavy atom. The third-order valence-corrected chi connectivity index (χ3v) is 16.8. The maximum atomic E-state index is 2.49. The lowest BCUT2D eigenvalue weighted by Gasteiger charge is -2.34. The lowest BCUT2D eigenvalue weighted by atomic mass is 9.67. The van der Waals surface area contributed by atoms with Crippen LogP contribution in [0.4, 0.5) is 17.1 Å². The Hall–Kier alpha value is -9.50. The van der Waals surface area contributed by atoms with E-state index in [1.54, 1.807) is 0 Å². The molecule has 1 spiro atoms. The number of para-hydroxylation sites is 1. The number of anilines is 3. The van der Waals surface area contributed by atoms with E-state index in [-0.39, 0.29) is 0 Å². The summed E-state index contributed by atoms with van der Waals surface area (Å²) in [6.45, 7) is 0. The third kappa shape index (κ3) is 5.44. The molecule has 0 radical (unpaired) electrons. The first-order valence-electron chi connectivity index (χ1n) is 25.8. The van der Waals surface area contributed by atoms with Crippen molar-refractivity contribution in [1.82, 2.24) is 4.57 Å². The van der Waals surface area contributed by atoms with Crippen LogP contribution < -0.4 is 4.90 Å². The smallest absolute Gasteiger partial charge is 0.0725 e. The van der Waals surface area contributed by atoms with E-state index in [0.717, 1.165) is 28.3 Å². The fourth-order valence-electron chi connectivity index (χ4n) is 13.9. The largest absolute Gasteiger partial charge is 0.310 e. The standard InChI is InChI=1S/C72H46N2/c1-3-21-49(22-4-1)71(63-30-14-9-25-55(63)56-26-10-15-31-64(56)71)50-36-40-60-62-46-54(39-42-69(62)74(70(60)44-50)51-23-5-2-6-24-51)73(52-37-35-47-19-7-8-20-48(47)43-52)53-38-41-68-61(45-53)59-29-13-18-34-67(59)72(68)65-32-16-11-27-57(65)58-28-12-17-33-66(58)72/h1-46H. The van der Waals surface area contributed by atoms with Crippen LogP contribution in [0.25, 0.3) is 71.6 Å². The zero-order chi connectivity index (χ0) is 48.5. The predicted molar refractivity (Wildman–Crippen MR) is 307 cm³/mol. The molecule has 2 heteroatoms. The van der Waals surface area contributed by atoms with Gasteiger partial charge < -0.3 is 9.47 Å². The van der Waals surface area contributed by atoms with Crippen molar-refractivity contribution in [3.05, 3.63) is 324 Å². The molecule has 2 nitrogen and oxygen atoms in total. The van der Waals surface area contributed by atoms with E-state index in [0.29, 0.717) is 0 Å². The van der Waals surface area contributed by atoms with Gasteiger partial charge in [0.2, 0.25) is 0 Å². The average molecular weight is 939 g/mol. The van der Waals surface area contributed by atoms with Crippen LogP contribution in [0, 0.1) is 0 Å². The summed E-state index contributed by atoms with van der Waals surface area (Å²) in [4.78, 5) is 2.48. The van der Waals surface area contributed by atoms with Crippen molar-refractivity contribution >= 4 is 49.6 Å². The van der Waals surface area contributed by atoms with Gasteiger partial charge in [-0.3, -0.25) is 0 Å². The Balaban J connectivity index is 0.939. The molecule has 74 heavy (non-hydrogen) atoms. The van der Waals surface area contributed by atoms with Gasteiger partial charge in [0.1, 0.15) is 0 Å². The zero-order valence-electron chi connectivity index (χ0n) is 40.5. The Bertz CT molecular complexity index is 4350. The third-order valence-electron chi connectivity index (χ3n) is 16.8. The molecule has 0 fully saturated rings. The van der Waals surface area contributed by atoms with Crippen molar-refractivity contribution in [2.45, 2.75) is 10.8 Å². The summed E-state index contributed by atoms with van der Waals surface area (Å²) < 4.78 is 2.48. The van der Waals surface area contributed by atoms with Gasteiger partial charge in [-0.15, -0.1) is 0 Å². The molecule has 0 bridgehead atoms. The average Bonchev–Trinajstić information content (AvgIpc) is 4.19. The van der Waals surface area contributed by atoms with E-state index in [1.807, 2.05) is 0 Å². The monoisotopic (exact) mass is 938 g/mol. The summed E-state index contributed by atoms with van der Waals surface area (Å²) in [5.74, 6) is 0. The van der Waals surface area contributed by atoms with Gasteiger partial charge in [-0.2, -0.15) is 0 Å². The lowest BCUT2D eigenvalue weighted by Crippen LogP contribution is -2.28. The van der Waals surface area contributed by atoms with Gasteiger partial charge in [0.05, 0.1) is 21.9 Å². The second-order valence-corrected chi connectivity index (χ2v) is 20.3. The molecule has 344 valence electrons. The first kappa shape index (κ1) is 41.2. The highest BCUT2D eigenvalue weighted by Crippen LogP contribution is 2.63. The number of benzene rings is 12. The van der Waals surface area contributed by atoms with Crippen LogP contribution >= 0.6 is 0 Å². The minimum atomic E-state index is -0.522. The van der Waals surface area contributed by atoms with Crippen LogP contribution in [0.5, 0.6) is 0 Å². The molecule has 13 aromatic rings. The van der Waals surface area contributed by atoms with E-state index in [1.165, 1.54) is 105 Å². The number of hydrogen-bond donors (Lipinski definition) is 0. The highest BCUT2D eigenvalue weighted by Gasteiger charge is 2.52. The number of hydrogen-bond acceptors (Lipinski definition) is 1. The fraction of sp³-hybridized carbons (Fsp3) is 0.0278. The van der Waals surface area contributed by atoms with Crippen molar-refractivity contribution < 1.29 is 0 Å². The van der Waals surface area contributed by atoms with E-state index in [2.05, 4.69) is 289 Å². The Labute approximate surface area is 430 Å². The van der Waals surface area contributed by atoms with Crippen LogP contribution in [0.2, 0.25) is 0 Å². The predicted octanol–water partition coefficient (Wildman–Crippen LogP) is 18.1. The van der Waals surface area contributed by atoms with Gasteiger partial charge in [0.25, 0.3) is 0 Å². The van der Waals surface area contributed by atoms with Crippen molar-refractivity contribution in [2.24, 2.45) is 0 Å². The normalized spacial score (nSPS) is 13.9. The van der Waals surface area contributed by atoms with E-state index >= 15 is 0 Å². The number of fused-ring (bicyclic) bond motifs is 17. The highest BCUT2D eigenvalue weighted by atomic mass is 15.1. The SMILES string of the molecule is c1ccc(-n2c3ccc(N(c4ccc5c(c4)-c4ccccc4C54c5ccccc5-c5ccccc54)c4ccc5ccccc5c4)cc3c3ccc(C4(c5ccccc5)c5ccccc5-c5ccccc54)cc32)cc1. The molecular weight excluding hydrogens is 893 g/mol. The minimum Gasteiger partial charge on any atom is -0.310 e. The second kappa shape index (κ2) is 15.5. The zero-order valence-corrected chi connectivity index (χ0v) is 40.5. The van der Waals surface area contributed by atoms with Crippen molar-refractivity contribution in [3.8, 4) is 39.1 Å². The molecule has 0 saturated carbocycles. The van der Waals surface area contributed by atoms with E-state index in [4.69, 9.17) is 0 Å². The fourth-order valence-corrected chi connectivity index (χ4v) is 13.9. The Morgan fingerprint density at radius 3 is 1.34 bits per heavy atom. The van der Waals surface area contributed by atoms with Gasteiger partial charge in [0, 0.05) is 33.5 Å². The molecule has 1 aromatic heterocycles. The molecule has 1 heterocycles. The molecular formula is C72H46N2. The van der Waals surface area contributed by atoms with Crippen LogP contribution in [0.15, 0.2) is 279 Å². The van der Waals surface area contributed by atoms with Gasteiger partial charge in [0.15, 0.2) is 0 Å². The van der Waals surface area contributed by atoms with E-state index in [9.17, 15) is 0 Å². The van der Waals surface area contributed by atoms with Gasteiger partial charge >= 0.3 is 0 Å². The maximum absolute atomic E-state index is 2.49. The molecule has 16 rings (SSSR count). The summed E-state index contributed by atoms with van der Waals surface area (Å²) in [5, 5.41) is 4.83. The molecule has 0 atom stereocenters. The second-order valence-electron chi connectivity index (χ2n) is 20.3. The molecule has 0 aliphatic heterocycles. The molecule has 0 amide bonds. The van der Waals surface area contributed by atoms with Gasteiger partial charge in [-0.05, 0) is 149 Å². The summed E-state index contributed by atoms with van der Waals surface area (Å²) in [6, 6.07) is 105.